The summed E-state index contributed by atoms with van der Waals surface area (Å²) < 4.78 is 13.3. The lowest BCUT2D eigenvalue weighted by Gasteiger charge is -2.05. The Hall–Kier alpha value is -5.45. The van der Waals surface area contributed by atoms with E-state index in [-0.39, 0.29) is 23.1 Å². The van der Waals surface area contributed by atoms with Crippen LogP contribution >= 0.6 is 11.8 Å². The highest BCUT2D eigenvalue weighted by atomic mass is 32.2. The van der Waals surface area contributed by atoms with Gasteiger partial charge in [-0.15, -0.1) is 10.2 Å². The lowest BCUT2D eigenvalue weighted by atomic mass is 10.1. The molecule has 0 saturated carbocycles. The summed E-state index contributed by atoms with van der Waals surface area (Å²) in [5, 5.41) is 31.2. The lowest BCUT2D eigenvalue weighted by Crippen LogP contribution is -2.21. The number of fused-ring (bicyclic) bond motifs is 1. The smallest absolute Gasteiger partial charge is 0.293 e. The van der Waals surface area contributed by atoms with E-state index in [9.17, 15) is 4.79 Å². The Kier molecular flexibility index (Phi) is 6.21. The predicted octanol–water partition coefficient (Wildman–Crippen LogP) is 1.80. The number of para-hydroxylation sites is 2. The highest BCUT2D eigenvalue weighted by Gasteiger charge is 2.25. The van der Waals surface area contributed by atoms with Gasteiger partial charge in [0.15, 0.2) is 11.3 Å². The topological polar surface area (TPSA) is 207 Å². The molecule has 3 N–H and O–H groups in total. The molecule has 16 nitrogen and oxygen atoms in total. The standard InChI is InChI=1S/C22H17N13O3S/c1-12(13-6-8-14(9-7-13)34-11-24-31-33-34)26-28-21(36)18-16(35(32-27-18)20-19(23)29-38-30-20)10-39-22-25-15-4-2-3-5-17(15)37-22/h2-9,11H,10H2,1H3,(H2,23,29)(H,28,36). The van der Waals surface area contributed by atoms with E-state index in [2.05, 4.69) is 51.7 Å². The Balaban J connectivity index is 1.23. The van der Waals surface area contributed by atoms with Crippen molar-refractivity contribution in [2.75, 3.05) is 5.73 Å². The molecule has 0 saturated heterocycles. The number of hydrogen-bond acceptors (Lipinski definition) is 14. The van der Waals surface area contributed by atoms with E-state index in [0.717, 1.165) is 11.3 Å². The van der Waals surface area contributed by atoms with Gasteiger partial charge in [-0.25, -0.2) is 19.7 Å². The fraction of sp³-hybridized carbons (Fsp3) is 0.0909. The normalized spacial score (nSPS) is 11.8. The van der Waals surface area contributed by atoms with Gasteiger partial charge in [0.25, 0.3) is 11.1 Å². The maximum absolute atomic E-state index is 13.1. The third kappa shape index (κ3) is 4.80. The number of anilines is 1. The Bertz CT molecular complexity index is 1750. The first-order chi connectivity index (χ1) is 19.1. The first-order valence-electron chi connectivity index (χ1n) is 11.3. The number of nitrogen functional groups attached to an aromatic ring is 1. The SMILES string of the molecule is CC(=NNC(=O)c1nnn(-c2nonc2N)c1CSc1nc2ccccc2o1)c1ccc(-n2cnnn2)cc1. The molecule has 0 unspecified atom stereocenters. The predicted molar refractivity (Wildman–Crippen MR) is 136 cm³/mol. The van der Waals surface area contributed by atoms with Gasteiger partial charge < -0.3 is 10.2 Å². The average Bonchev–Trinajstić information content (AvgIpc) is 3.76. The Morgan fingerprint density at radius 3 is 2.72 bits per heavy atom. The van der Waals surface area contributed by atoms with Gasteiger partial charge in [0.05, 0.1) is 17.1 Å². The lowest BCUT2D eigenvalue weighted by molar-refractivity contribution is 0.0949. The summed E-state index contributed by atoms with van der Waals surface area (Å²) in [4.78, 5) is 17.6. The number of aromatic nitrogens is 10. The quantitative estimate of drug-likeness (QED) is 0.160. The number of tetrazole rings is 1. The highest BCUT2D eigenvalue weighted by molar-refractivity contribution is 7.98. The molecule has 4 aromatic heterocycles. The number of amides is 1. The van der Waals surface area contributed by atoms with Crippen LogP contribution < -0.4 is 11.2 Å². The van der Waals surface area contributed by atoms with Crippen molar-refractivity contribution in [1.82, 2.24) is 55.9 Å². The molecule has 6 aromatic rings. The van der Waals surface area contributed by atoms with E-state index < -0.39 is 5.91 Å². The van der Waals surface area contributed by atoms with E-state index in [0.29, 0.717) is 27.7 Å². The molecule has 2 aromatic carbocycles. The minimum absolute atomic E-state index is 0.00610. The van der Waals surface area contributed by atoms with Gasteiger partial charge in [-0.1, -0.05) is 41.2 Å². The van der Waals surface area contributed by atoms with Crippen molar-refractivity contribution < 1.29 is 13.8 Å². The summed E-state index contributed by atoms with van der Waals surface area (Å²) in [7, 11) is 0. The van der Waals surface area contributed by atoms with Crippen LogP contribution in [0.4, 0.5) is 5.82 Å². The largest absolute Gasteiger partial charge is 0.431 e. The second-order valence-electron chi connectivity index (χ2n) is 7.95. The van der Waals surface area contributed by atoms with E-state index >= 15 is 0 Å². The molecule has 0 atom stereocenters. The van der Waals surface area contributed by atoms with Gasteiger partial charge in [0.1, 0.15) is 11.8 Å². The number of carbonyl (C=O) groups is 1. The number of nitrogens with zero attached hydrogens (tertiary/aromatic N) is 11. The number of carbonyl (C=O) groups excluding carboxylic acids is 1. The number of nitrogens with one attached hydrogen (secondary N) is 1. The monoisotopic (exact) mass is 543 g/mol. The van der Waals surface area contributed by atoms with Crippen molar-refractivity contribution in [3.8, 4) is 11.5 Å². The van der Waals surface area contributed by atoms with Crippen LogP contribution in [0.1, 0.15) is 28.7 Å². The number of oxazole rings is 1. The van der Waals surface area contributed by atoms with Crippen LogP contribution in [0.5, 0.6) is 0 Å². The molecule has 4 heterocycles. The minimum Gasteiger partial charge on any atom is -0.431 e. The van der Waals surface area contributed by atoms with E-state index in [1.165, 1.54) is 27.5 Å². The van der Waals surface area contributed by atoms with Gasteiger partial charge in [-0.3, -0.25) is 4.79 Å². The number of hydrazone groups is 1. The van der Waals surface area contributed by atoms with E-state index in [1.54, 1.807) is 6.92 Å². The third-order valence-electron chi connectivity index (χ3n) is 5.50. The van der Waals surface area contributed by atoms with Crippen molar-refractivity contribution >= 4 is 40.3 Å². The number of thioether (sulfide) groups is 1. The zero-order valence-corrected chi connectivity index (χ0v) is 20.8. The molecule has 0 aliphatic heterocycles. The van der Waals surface area contributed by atoms with Gasteiger partial charge in [-0.05, 0) is 57.5 Å². The van der Waals surface area contributed by atoms with Crippen molar-refractivity contribution in [3.63, 3.8) is 0 Å². The van der Waals surface area contributed by atoms with Gasteiger partial charge >= 0.3 is 0 Å². The molecular weight excluding hydrogens is 526 g/mol. The van der Waals surface area contributed by atoms with Crippen LogP contribution in [0.25, 0.3) is 22.6 Å². The molecule has 6 rings (SSSR count). The van der Waals surface area contributed by atoms with Gasteiger partial charge in [0, 0.05) is 5.75 Å². The minimum atomic E-state index is -0.589. The molecule has 0 spiro atoms. The second-order valence-corrected chi connectivity index (χ2v) is 8.87. The van der Waals surface area contributed by atoms with Crippen LogP contribution in [0.15, 0.2) is 74.2 Å². The fourth-order valence-electron chi connectivity index (χ4n) is 3.55. The molecule has 194 valence electrons. The van der Waals surface area contributed by atoms with Crippen molar-refractivity contribution in [2.45, 2.75) is 17.9 Å². The van der Waals surface area contributed by atoms with Crippen LogP contribution in [-0.4, -0.2) is 62.1 Å². The molecule has 0 aliphatic rings. The number of hydrogen-bond donors (Lipinski definition) is 2. The van der Waals surface area contributed by atoms with Crippen molar-refractivity contribution in [3.05, 3.63) is 71.8 Å². The second kappa shape index (κ2) is 10.1. The van der Waals surface area contributed by atoms with Gasteiger partial charge in [0.2, 0.25) is 11.6 Å². The molecule has 0 radical (unpaired) electrons. The summed E-state index contributed by atoms with van der Waals surface area (Å²) in [5.41, 5.74) is 12.2. The first-order valence-corrected chi connectivity index (χ1v) is 12.2. The maximum atomic E-state index is 13.1. The van der Waals surface area contributed by atoms with Crippen LogP contribution in [-0.2, 0) is 5.75 Å². The summed E-state index contributed by atoms with van der Waals surface area (Å²) in [6.45, 7) is 1.76. The Morgan fingerprint density at radius 1 is 1.13 bits per heavy atom. The average molecular weight is 544 g/mol. The molecule has 0 fully saturated rings. The van der Waals surface area contributed by atoms with Crippen molar-refractivity contribution in [2.24, 2.45) is 5.10 Å². The first kappa shape index (κ1) is 23.9. The highest BCUT2D eigenvalue weighted by Crippen LogP contribution is 2.28. The summed E-state index contributed by atoms with van der Waals surface area (Å²) in [5.74, 6) is -0.318. The van der Waals surface area contributed by atoms with E-state index in [1.807, 2.05) is 48.5 Å². The summed E-state index contributed by atoms with van der Waals surface area (Å²) in [6, 6.07) is 14.7. The van der Waals surface area contributed by atoms with E-state index in [4.69, 9.17) is 14.8 Å². The van der Waals surface area contributed by atoms with Crippen LogP contribution in [0, 0.1) is 0 Å². The number of benzene rings is 2. The van der Waals surface area contributed by atoms with Crippen LogP contribution in [0.2, 0.25) is 0 Å². The molecular formula is C22H17N13O3S. The fourth-order valence-corrected chi connectivity index (χ4v) is 4.38. The van der Waals surface area contributed by atoms with Crippen molar-refractivity contribution in [1.29, 1.82) is 0 Å². The molecule has 0 aliphatic carbocycles. The maximum Gasteiger partial charge on any atom is 0.293 e. The third-order valence-corrected chi connectivity index (χ3v) is 6.34. The van der Waals surface area contributed by atoms with Gasteiger partial charge in [-0.2, -0.15) is 9.78 Å². The molecule has 17 heteroatoms. The molecule has 1 amide bonds. The number of rotatable bonds is 8. The summed E-state index contributed by atoms with van der Waals surface area (Å²) in [6.07, 6.45) is 1.49. The molecule has 0 bridgehead atoms. The summed E-state index contributed by atoms with van der Waals surface area (Å²) >= 11 is 1.24. The zero-order valence-electron chi connectivity index (χ0n) is 20.0. The number of nitrogens with two attached hydrogens (primary N) is 1. The molecule has 39 heavy (non-hydrogen) atoms. The zero-order chi connectivity index (χ0) is 26.8. The Labute approximate surface area is 222 Å². The van der Waals surface area contributed by atoms with Crippen LogP contribution in [0.3, 0.4) is 0 Å². The Morgan fingerprint density at radius 2 is 1.97 bits per heavy atom.